The van der Waals surface area contributed by atoms with Crippen LogP contribution in [0, 0.1) is 6.92 Å². The number of nitrogens with two attached hydrogens (primary N) is 1. The fraction of sp³-hybridized carbons (Fsp3) is 0.154. The first-order valence-corrected chi connectivity index (χ1v) is 5.40. The highest BCUT2D eigenvalue weighted by atomic mass is 16.5. The van der Waals surface area contributed by atoms with Crippen LogP contribution in [0.15, 0.2) is 30.3 Å². The fourth-order valence-corrected chi connectivity index (χ4v) is 1.69. The van der Waals surface area contributed by atoms with E-state index in [2.05, 4.69) is 4.98 Å². The Balaban J connectivity index is 2.43. The maximum Gasteiger partial charge on any atom is 0.339 e. The Kier molecular flexibility index (Phi) is 3.23. The van der Waals surface area contributed by atoms with Gasteiger partial charge in [0.1, 0.15) is 0 Å². The lowest BCUT2D eigenvalue weighted by molar-refractivity contribution is -0.121. The van der Waals surface area contributed by atoms with E-state index in [1.54, 1.807) is 19.1 Å². The molecule has 2 rings (SSSR count). The normalized spacial score (nSPS) is 10.3. The largest absolute Gasteiger partial charge is 0.452 e. The molecule has 18 heavy (non-hydrogen) atoms. The molecule has 5 heteroatoms. The number of hydrogen-bond acceptors (Lipinski definition) is 4. The number of fused-ring (bicyclic) bond motifs is 1. The minimum absolute atomic E-state index is 0.388. The first kappa shape index (κ1) is 12.0. The number of hydrogen-bond donors (Lipinski definition) is 1. The van der Waals surface area contributed by atoms with Gasteiger partial charge in [0.25, 0.3) is 5.91 Å². The highest BCUT2D eigenvalue weighted by molar-refractivity contribution is 6.03. The van der Waals surface area contributed by atoms with Gasteiger partial charge in [-0.3, -0.25) is 9.78 Å². The van der Waals surface area contributed by atoms with Gasteiger partial charge in [0.05, 0.1) is 11.1 Å². The molecule has 5 nitrogen and oxygen atoms in total. The van der Waals surface area contributed by atoms with E-state index in [1.165, 1.54) is 0 Å². The third-order valence-electron chi connectivity index (χ3n) is 2.41. The van der Waals surface area contributed by atoms with Crippen molar-refractivity contribution in [2.75, 3.05) is 6.61 Å². The molecule has 1 amide bonds. The van der Waals surface area contributed by atoms with E-state index < -0.39 is 18.5 Å². The molecule has 0 radical (unpaired) electrons. The molecule has 0 aliphatic carbocycles. The van der Waals surface area contributed by atoms with Gasteiger partial charge in [0.2, 0.25) is 0 Å². The van der Waals surface area contributed by atoms with Gasteiger partial charge >= 0.3 is 5.97 Å². The number of carbonyl (C=O) groups excluding carboxylic acids is 2. The molecular weight excluding hydrogens is 232 g/mol. The number of pyridine rings is 1. The van der Waals surface area contributed by atoms with Gasteiger partial charge in [-0.05, 0) is 19.1 Å². The SMILES string of the molecule is Cc1cc(C(=O)OCC(N)=O)c2ccccc2n1. The minimum atomic E-state index is -0.682. The van der Waals surface area contributed by atoms with E-state index >= 15 is 0 Å². The Morgan fingerprint density at radius 3 is 2.78 bits per heavy atom. The standard InChI is InChI=1S/C13H12N2O3/c1-8-6-10(13(17)18-7-12(14)16)9-4-2-3-5-11(9)15-8/h2-6H,7H2,1H3,(H2,14,16). The van der Waals surface area contributed by atoms with Crippen molar-refractivity contribution in [1.29, 1.82) is 0 Å². The molecule has 0 aliphatic rings. The van der Waals surface area contributed by atoms with Crippen molar-refractivity contribution < 1.29 is 14.3 Å². The van der Waals surface area contributed by atoms with E-state index in [0.29, 0.717) is 22.2 Å². The molecule has 1 aromatic carbocycles. The van der Waals surface area contributed by atoms with Crippen LogP contribution in [0.25, 0.3) is 10.9 Å². The second-order valence-corrected chi connectivity index (χ2v) is 3.87. The van der Waals surface area contributed by atoms with Gasteiger partial charge in [-0.2, -0.15) is 0 Å². The average Bonchev–Trinajstić information content (AvgIpc) is 2.34. The van der Waals surface area contributed by atoms with Crippen LogP contribution in [0.2, 0.25) is 0 Å². The number of para-hydroxylation sites is 1. The lowest BCUT2D eigenvalue weighted by Crippen LogP contribution is -2.21. The van der Waals surface area contributed by atoms with Gasteiger partial charge in [0, 0.05) is 11.1 Å². The number of amides is 1. The highest BCUT2D eigenvalue weighted by Gasteiger charge is 2.13. The molecule has 0 aliphatic heterocycles. The van der Waals surface area contributed by atoms with Crippen LogP contribution >= 0.6 is 0 Å². The number of aryl methyl sites for hydroxylation is 1. The second kappa shape index (κ2) is 4.83. The monoisotopic (exact) mass is 244 g/mol. The van der Waals surface area contributed by atoms with Gasteiger partial charge in [-0.1, -0.05) is 18.2 Å². The molecule has 1 aromatic heterocycles. The van der Waals surface area contributed by atoms with Crippen LogP contribution in [0.1, 0.15) is 16.1 Å². The maximum absolute atomic E-state index is 11.9. The van der Waals surface area contributed by atoms with Crippen LogP contribution in [0.5, 0.6) is 0 Å². The molecular formula is C13H12N2O3. The number of benzene rings is 1. The maximum atomic E-state index is 11.9. The Morgan fingerprint density at radius 1 is 1.33 bits per heavy atom. The summed E-state index contributed by atoms with van der Waals surface area (Å²) in [6.45, 7) is 1.37. The van der Waals surface area contributed by atoms with Gasteiger partial charge in [0.15, 0.2) is 6.61 Å². The predicted molar refractivity (Wildman–Crippen MR) is 66.0 cm³/mol. The number of rotatable bonds is 3. The Hall–Kier alpha value is -2.43. The van der Waals surface area contributed by atoms with Crippen molar-refractivity contribution in [3.8, 4) is 0 Å². The van der Waals surface area contributed by atoms with E-state index in [1.807, 2.05) is 18.2 Å². The van der Waals surface area contributed by atoms with Crippen LogP contribution in [-0.2, 0) is 9.53 Å². The number of nitrogens with zero attached hydrogens (tertiary/aromatic N) is 1. The summed E-state index contributed by atoms with van der Waals surface area (Å²) in [5, 5.41) is 0.692. The smallest absolute Gasteiger partial charge is 0.339 e. The van der Waals surface area contributed by atoms with Crippen molar-refractivity contribution in [1.82, 2.24) is 4.98 Å². The lowest BCUT2D eigenvalue weighted by Gasteiger charge is -2.07. The molecule has 2 N–H and O–H groups in total. The molecule has 1 heterocycles. The zero-order chi connectivity index (χ0) is 13.1. The first-order valence-electron chi connectivity index (χ1n) is 5.40. The van der Waals surface area contributed by atoms with Crippen molar-refractivity contribution in [3.05, 3.63) is 41.6 Å². The van der Waals surface area contributed by atoms with Gasteiger partial charge in [-0.25, -0.2) is 4.79 Å². The van der Waals surface area contributed by atoms with Crippen LogP contribution in [0.3, 0.4) is 0 Å². The summed E-state index contributed by atoms with van der Waals surface area (Å²) in [5.74, 6) is -1.26. The molecule has 0 bridgehead atoms. The molecule has 0 saturated heterocycles. The lowest BCUT2D eigenvalue weighted by atomic mass is 10.1. The topological polar surface area (TPSA) is 82.3 Å². The molecule has 0 unspecified atom stereocenters. The highest BCUT2D eigenvalue weighted by Crippen LogP contribution is 2.18. The Morgan fingerprint density at radius 2 is 2.06 bits per heavy atom. The summed E-state index contributed by atoms with van der Waals surface area (Å²) in [4.78, 5) is 26.8. The molecule has 2 aromatic rings. The molecule has 0 spiro atoms. The Bertz CT molecular complexity index is 623. The third kappa shape index (κ3) is 2.45. The number of carbonyl (C=O) groups is 2. The first-order chi connectivity index (χ1) is 8.58. The zero-order valence-electron chi connectivity index (χ0n) is 9.84. The fourth-order valence-electron chi connectivity index (χ4n) is 1.69. The Labute approximate surface area is 104 Å². The number of esters is 1. The van der Waals surface area contributed by atoms with E-state index in [9.17, 15) is 9.59 Å². The average molecular weight is 244 g/mol. The van der Waals surface area contributed by atoms with Gasteiger partial charge in [-0.15, -0.1) is 0 Å². The molecule has 0 fully saturated rings. The van der Waals surface area contributed by atoms with Crippen molar-refractivity contribution >= 4 is 22.8 Å². The third-order valence-corrected chi connectivity index (χ3v) is 2.41. The summed E-state index contributed by atoms with van der Waals surface area (Å²) in [6.07, 6.45) is 0. The summed E-state index contributed by atoms with van der Waals surface area (Å²) in [5.41, 5.74) is 6.74. The van der Waals surface area contributed by atoms with Crippen LogP contribution < -0.4 is 5.73 Å². The zero-order valence-corrected chi connectivity index (χ0v) is 9.84. The van der Waals surface area contributed by atoms with Gasteiger partial charge < -0.3 is 10.5 Å². The molecule has 92 valence electrons. The number of ether oxygens (including phenoxy) is 1. The molecule has 0 atom stereocenters. The summed E-state index contributed by atoms with van der Waals surface area (Å²) in [6, 6.07) is 8.87. The van der Waals surface area contributed by atoms with E-state index in [-0.39, 0.29) is 0 Å². The van der Waals surface area contributed by atoms with Crippen LogP contribution in [-0.4, -0.2) is 23.5 Å². The van der Waals surface area contributed by atoms with Crippen molar-refractivity contribution in [2.45, 2.75) is 6.92 Å². The summed E-state index contributed by atoms with van der Waals surface area (Å²) >= 11 is 0. The minimum Gasteiger partial charge on any atom is -0.452 e. The number of primary amides is 1. The van der Waals surface area contributed by atoms with Crippen molar-refractivity contribution in [3.63, 3.8) is 0 Å². The van der Waals surface area contributed by atoms with E-state index in [0.717, 1.165) is 0 Å². The summed E-state index contributed by atoms with van der Waals surface area (Å²) in [7, 11) is 0. The predicted octanol–water partition coefficient (Wildman–Crippen LogP) is 1.19. The number of aromatic nitrogens is 1. The van der Waals surface area contributed by atoms with Crippen LogP contribution in [0.4, 0.5) is 0 Å². The van der Waals surface area contributed by atoms with E-state index in [4.69, 9.17) is 10.5 Å². The second-order valence-electron chi connectivity index (χ2n) is 3.87. The molecule has 0 saturated carbocycles. The van der Waals surface area contributed by atoms with Crippen molar-refractivity contribution in [2.24, 2.45) is 5.73 Å². The summed E-state index contributed by atoms with van der Waals surface area (Å²) < 4.78 is 4.81. The quantitative estimate of drug-likeness (QED) is 0.822.